The molecule has 3 N–H and O–H groups in total. The monoisotopic (exact) mass is 256 g/mol. The number of aliphatic carboxylic acids is 1. The van der Waals surface area contributed by atoms with Gasteiger partial charge in [0.2, 0.25) is 0 Å². The van der Waals surface area contributed by atoms with Crippen LogP contribution in [0.25, 0.3) is 0 Å². The Labute approximate surface area is 108 Å². The molecule has 1 aliphatic carbocycles. The minimum atomic E-state index is -0.986. The van der Waals surface area contributed by atoms with Gasteiger partial charge < -0.3 is 20.5 Å². The first kappa shape index (κ1) is 13.8. The summed E-state index contributed by atoms with van der Waals surface area (Å²) in [5.74, 6) is -0.710. The van der Waals surface area contributed by atoms with Crippen molar-refractivity contribution in [3.05, 3.63) is 0 Å². The second-order valence-electron chi connectivity index (χ2n) is 5.67. The van der Waals surface area contributed by atoms with Crippen molar-refractivity contribution in [1.82, 2.24) is 4.90 Å². The Hall–Kier alpha value is -0.650. The molecule has 5 heteroatoms. The zero-order chi connectivity index (χ0) is 13.2. The number of nitrogens with zero attached hydrogens (tertiary/aromatic N) is 1. The van der Waals surface area contributed by atoms with E-state index >= 15 is 0 Å². The largest absolute Gasteiger partial charge is 0.480 e. The van der Waals surface area contributed by atoms with E-state index in [1.165, 1.54) is 0 Å². The Morgan fingerprint density at radius 1 is 1.56 bits per heavy atom. The van der Waals surface area contributed by atoms with Gasteiger partial charge in [0, 0.05) is 20.2 Å². The fourth-order valence-corrected chi connectivity index (χ4v) is 3.32. The fraction of sp³-hybridized carbons (Fsp3) is 0.923. The minimum Gasteiger partial charge on any atom is -0.480 e. The summed E-state index contributed by atoms with van der Waals surface area (Å²) in [7, 11) is 1.75. The van der Waals surface area contributed by atoms with Gasteiger partial charge in [-0.15, -0.1) is 0 Å². The number of methoxy groups -OCH3 is 1. The highest BCUT2D eigenvalue weighted by atomic mass is 16.5. The molecule has 0 aromatic rings. The van der Waals surface area contributed by atoms with E-state index in [0.29, 0.717) is 12.5 Å². The highest BCUT2D eigenvalue weighted by molar-refractivity contribution is 5.79. The van der Waals surface area contributed by atoms with Crippen LogP contribution in [0.1, 0.15) is 32.1 Å². The van der Waals surface area contributed by atoms with Crippen LogP contribution in [0.4, 0.5) is 0 Å². The van der Waals surface area contributed by atoms with Crippen LogP contribution >= 0.6 is 0 Å². The fourth-order valence-electron chi connectivity index (χ4n) is 3.32. The molecule has 0 aromatic heterocycles. The summed E-state index contributed by atoms with van der Waals surface area (Å²) in [6.07, 6.45) is 4.81. The number of carbonyl (C=O) groups is 1. The van der Waals surface area contributed by atoms with Gasteiger partial charge in [0.1, 0.15) is 5.54 Å². The molecule has 1 heterocycles. The Balaban J connectivity index is 1.81. The van der Waals surface area contributed by atoms with Crippen LogP contribution in [0, 0.1) is 5.92 Å². The van der Waals surface area contributed by atoms with Crippen molar-refractivity contribution in [2.24, 2.45) is 11.7 Å². The summed E-state index contributed by atoms with van der Waals surface area (Å²) in [5.41, 5.74) is 5.06. The number of carboxylic acids is 1. The molecule has 0 radical (unpaired) electrons. The van der Waals surface area contributed by atoms with E-state index in [1.807, 2.05) is 0 Å². The van der Waals surface area contributed by atoms with Gasteiger partial charge in [-0.05, 0) is 38.1 Å². The third-order valence-corrected chi connectivity index (χ3v) is 4.63. The molecule has 2 fully saturated rings. The van der Waals surface area contributed by atoms with Crippen LogP contribution in [0.5, 0.6) is 0 Å². The molecule has 1 aliphatic heterocycles. The molecule has 3 atom stereocenters. The quantitative estimate of drug-likeness (QED) is 0.756. The third-order valence-electron chi connectivity index (χ3n) is 4.63. The van der Waals surface area contributed by atoms with Crippen molar-refractivity contribution in [3.8, 4) is 0 Å². The molecule has 104 valence electrons. The molecular formula is C13H24N2O3. The average molecular weight is 256 g/mol. The van der Waals surface area contributed by atoms with Crippen LogP contribution in [0.3, 0.4) is 0 Å². The van der Waals surface area contributed by atoms with E-state index in [4.69, 9.17) is 10.5 Å². The number of hydrogen-bond acceptors (Lipinski definition) is 4. The Bertz CT molecular complexity index is 311. The Kier molecular flexibility index (Phi) is 4.25. The molecule has 3 unspecified atom stereocenters. The number of rotatable bonds is 5. The van der Waals surface area contributed by atoms with Crippen molar-refractivity contribution in [1.29, 1.82) is 0 Å². The Morgan fingerprint density at radius 3 is 2.94 bits per heavy atom. The summed E-state index contributed by atoms with van der Waals surface area (Å²) in [5, 5.41) is 9.26. The number of carboxylic acid groups (broad SMARTS) is 1. The van der Waals surface area contributed by atoms with Crippen molar-refractivity contribution in [3.63, 3.8) is 0 Å². The van der Waals surface area contributed by atoms with Gasteiger partial charge in [-0.25, -0.2) is 0 Å². The van der Waals surface area contributed by atoms with E-state index in [1.54, 1.807) is 7.11 Å². The van der Waals surface area contributed by atoms with Gasteiger partial charge >= 0.3 is 5.97 Å². The summed E-state index contributed by atoms with van der Waals surface area (Å²) >= 11 is 0. The van der Waals surface area contributed by atoms with Crippen molar-refractivity contribution in [2.45, 2.75) is 43.7 Å². The predicted octanol–water partition coefficient (Wildman–Crippen LogP) is 0.679. The average Bonchev–Trinajstić information content (AvgIpc) is 2.94. The second kappa shape index (κ2) is 5.55. The first-order valence-corrected chi connectivity index (χ1v) is 6.83. The molecule has 0 bridgehead atoms. The SMILES string of the molecule is COC1CCN(CCC2CCCC2(N)C(=O)O)C1. The lowest BCUT2D eigenvalue weighted by Gasteiger charge is -2.28. The maximum absolute atomic E-state index is 11.3. The van der Waals surface area contributed by atoms with Gasteiger partial charge in [-0.2, -0.15) is 0 Å². The van der Waals surface area contributed by atoms with Crippen LogP contribution in [-0.2, 0) is 9.53 Å². The molecule has 5 nitrogen and oxygen atoms in total. The van der Waals surface area contributed by atoms with E-state index < -0.39 is 11.5 Å². The van der Waals surface area contributed by atoms with Gasteiger partial charge in [-0.1, -0.05) is 6.42 Å². The van der Waals surface area contributed by atoms with Gasteiger partial charge in [0.15, 0.2) is 0 Å². The van der Waals surface area contributed by atoms with E-state index in [2.05, 4.69) is 4.90 Å². The first-order valence-electron chi connectivity index (χ1n) is 6.83. The van der Waals surface area contributed by atoms with Gasteiger partial charge in [-0.3, -0.25) is 4.79 Å². The number of nitrogens with two attached hydrogens (primary N) is 1. The van der Waals surface area contributed by atoms with Crippen LogP contribution < -0.4 is 5.73 Å². The molecule has 0 aromatic carbocycles. The number of hydrogen-bond donors (Lipinski definition) is 2. The summed E-state index contributed by atoms with van der Waals surface area (Å²) in [6, 6.07) is 0. The molecule has 2 aliphatic rings. The van der Waals surface area contributed by atoms with Crippen LogP contribution in [0.15, 0.2) is 0 Å². The summed E-state index contributed by atoms with van der Waals surface area (Å²) in [4.78, 5) is 13.6. The minimum absolute atomic E-state index is 0.122. The van der Waals surface area contributed by atoms with Crippen LogP contribution in [0.2, 0.25) is 0 Å². The van der Waals surface area contributed by atoms with Crippen molar-refractivity contribution in [2.75, 3.05) is 26.7 Å². The lowest BCUT2D eigenvalue weighted by atomic mass is 9.85. The lowest BCUT2D eigenvalue weighted by molar-refractivity contribution is -0.144. The zero-order valence-electron chi connectivity index (χ0n) is 11.1. The van der Waals surface area contributed by atoms with Crippen LogP contribution in [-0.4, -0.2) is 54.4 Å². The molecule has 1 saturated heterocycles. The molecule has 0 amide bonds. The topological polar surface area (TPSA) is 75.8 Å². The standard InChI is InChI=1S/C13H24N2O3/c1-18-11-5-8-15(9-11)7-4-10-3-2-6-13(10,14)12(16)17/h10-11H,2-9,14H2,1H3,(H,16,17). The predicted molar refractivity (Wildman–Crippen MR) is 68.4 cm³/mol. The maximum Gasteiger partial charge on any atom is 0.323 e. The highest BCUT2D eigenvalue weighted by Gasteiger charge is 2.45. The highest BCUT2D eigenvalue weighted by Crippen LogP contribution is 2.36. The normalized spacial score (nSPS) is 37.2. The molecule has 0 spiro atoms. The lowest BCUT2D eigenvalue weighted by Crippen LogP contribution is -2.51. The number of likely N-dealkylation sites (tertiary alicyclic amines) is 1. The second-order valence-corrected chi connectivity index (χ2v) is 5.67. The maximum atomic E-state index is 11.3. The van der Waals surface area contributed by atoms with Gasteiger partial charge in [0.25, 0.3) is 0 Å². The number of ether oxygens (including phenoxy) is 1. The van der Waals surface area contributed by atoms with E-state index in [-0.39, 0.29) is 5.92 Å². The molecule has 18 heavy (non-hydrogen) atoms. The molecule has 1 saturated carbocycles. The summed E-state index contributed by atoms with van der Waals surface area (Å²) < 4.78 is 5.33. The Morgan fingerprint density at radius 2 is 2.33 bits per heavy atom. The third kappa shape index (κ3) is 2.68. The van der Waals surface area contributed by atoms with E-state index in [0.717, 1.165) is 45.3 Å². The smallest absolute Gasteiger partial charge is 0.323 e. The van der Waals surface area contributed by atoms with Crippen molar-refractivity contribution >= 4 is 5.97 Å². The van der Waals surface area contributed by atoms with Gasteiger partial charge in [0.05, 0.1) is 6.10 Å². The van der Waals surface area contributed by atoms with E-state index in [9.17, 15) is 9.90 Å². The summed E-state index contributed by atoms with van der Waals surface area (Å²) in [6.45, 7) is 2.96. The molecular weight excluding hydrogens is 232 g/mol. The molecule has 2 rings (SSSR count). The first-order chi connectivity index (χ1) is 8.56. The van der Waals surface area contributed by atoms with Crippen molar-refractivity contribution < 1.29 is 14.6 Å². The zero-order valence-corrected chi connectivity index (χ0v) is 11.1.